The van der Waals surface area contributed by atoms with Crippen LogP contribution in [-0.2, 0) is 0 Å². The third-order valence-electron chi connectivity index (χ3n) is 3.24. The monoisotopic (exact) mass is 192 g/mol. The summed E-state index contributed by atoms with van der Waals surface area (Å²) < 4.78 is 5.40. The molecule has 0 aromatic carbocycles. The van der Waals surface area contributed by atoms with E-state index in [-0.39, 0.29) is 0 Å². The molecule has 2 heteroatoms. The second-order valence-corrected chi connectivity index (χ2v) is 4.31. The fourth-order valence-corrected chi connectivity index (χ4v) is 2.28. The topological polar surface area (TPSA) is 30.2 Å². The van der Waals surface area contributed by atoms with E-state index in [9.17, 15) is 4.79 Å². The molecule has 1 aliphatic carbocycles. The van der Waals surface area contributed by atoms with Crippen LogP contribution < -0.4 is 0 Å². The Morgan fingerprint density at radius 2 is 2.07 bits per heavy atom. The van der Waals surface area contributed by atoms with Crippen molar-refractivity contribution in [3.8, 4) is 0 Å². The number of hydrogen-bond acceptors (Lipinski definition) is 2. The number of hydrogen-bond donors (Lipinski definition) is 0. The maximum atomic E-state index is 10.7. The van der Waals surface area contributed by atoms with E-state index in [0.717, 1.165) is 36.4 Å². The van der Waals surface area contributed by atoms with Gasteiger partial charge in [-0.2, -0.15) is 0 Å². The van der Waals surface area contributed by atoms with E-state index in [1.165, 1.54) is 12.8 Å². The predicted octanol–water partition coefficient (Wildman–Crippen LogP) is 3.39. The first-order valence-electron chi connectivity index (χ1n) is 5.34. The summed E-state index contributed by atoms with van der Waals surface area (Å²) in [5.74, 6) is 2.22. The number of aldehydes is 1. The third-order valence-corrected chi connectivity index (χ3v) is 3.24. The van der Waals surface area contributed by atoms with E-state index in [1.807, 2.05) is 0 Å². The summed E-state index contributed by atoms with van der Waals surface area (Å²) in [4.78, 5) is 10.7. The minimum absolute atomic E-state index is 0.474. The van der Waals surface area contributed by atoms with Gasteiger partial charge in [-0.3, -0.25) is 4.79 Å². The molecule has 14 heavy (non-hydrogen) atoms. The van der Waals surface area contributed by atoms with Gasteiger partial charge in [-0.15, -0.1) is 0 Å². The van der Waals surface area contributed by atoms with Crippen molar-refractivity contribution in [1.82, 2.24) is 0 Å². The first kappa shape index (κ1) is 9.50. The maximum Gasteiger partial charge on any atom is 0.153 e. The number of carbonyl (C=O) groups is 1. The van der Waals surface area contributed by atoms with Gasteiger partial charge < -0.3 is 4.42 Å². The molecule has 0 atom stereocenters. The average Bonchev–Trinajstić information content (AvgIpc) is 2.67. The van der Waals surface area contributed by atoms with Crippen molar-refractivity contribution >= 4 is 6.29 Å². The highest BCUT2D eigenvalue weighted by molar-refractivity contribution is 5.76. The average molecular weight is 192 g/mol. The van der Waals surface area contributed by atoms with E-state index in [2.05, 4.69) is 6.92 Å². The van der Waals surface area contributed by atoms with Crippen molar-refractivity contribution in [2.75, 3.05) is 0 Å². The predicted molar refractivity (Wildman–Crippen MR) is 54.5 cm³/mol. The zero-order chi connectivity index (χ0) is 9.97. The van der Waals surface area contributed by atoms with Crippen LogP contribution in [0, 0.1) is 5.92 Å². The van der Waals surface area contributed by atoms with Gasteiger partial charge in [0.25, 0.3) is 0 Å². The van der Waals surface area contributed by atoms with Gasteiger partial charge in [0.15, 0.2) is 6.29 Å². The van der Waals surface area contributed by atoms with Gasteiger partial charge in [-0.1, -0.05) is 19.8 Å². The molecule has 0 spiro atoms. The molecule has 0 radical (unpaired) electrons. The highest BCUT2D eigenvalue weighted by Gasteiger charge is 2.23. The Morgan fingerprint density at radius 3 is 2.71 bits per heavy atom. The number of rotatable bonds is 2. The molecular weight excluding hydrogens is 176 g/mol. The van der Waals surface area contributed by atoms with Gasteiger partial charge in [0.2, 0.25) is 0 Å². The van der Waals surface area contributed by atoms with Crippen LogP contribution in [0.4, 0.5) is 0 Å². The largest absolute Gasteiger partial charge is 0.468 e. The van der Waals surface area contributed by atoms with Gasteiger partial charge in [0, 0.05) is 5.92 Å². The number of carbonyl (C=O) groups excluding carboxylic acids is 1. The van der Waals surface area contributed by atoms with Crippen molar-refractivity contribution in [3.05, 3.63) is 23.7 Å². The van der Waals surface area contributed by atoms with Gasteiger partial charge >= 0.3 is 0 Å². The molecule has 2 rings (SSSR count). The van der Waals surface area contributed by atoms with Crippen molar-refractivity contribution in [3.63, 3.8) is 0 Å². The molecule has 0 aliphatic heterocycles. The second kappa shape index (κ2) is 3.99. The third kappa shape index (κ3) is 1.74. The van der Waals surface area contributed by atoms with E-state index in [4.69, 9.17) is 4.42 Å². The highest BCUT2D eigenvalue weighted by Crippen LogP contribution is 2.36. The van der Waals surface area contributed by atoms with Crippen LogP contribution in [0.25, 0.3) is 0 Å². The van der Waals surface area contributed by atoms with Crippen molar-refractivity contribution in [1.29, 1.82) is 0 Å². The van der Waals surface area contributed by atoms with Crippen molar-refractivity contribution < 1.29 is 9.21 Å². The van der Waals surface area contributed by atoms with E-state index >= 15 is 0 Å². The lowest BCUT2D eigenvalue weighted by Crippen LogP contribution is -2.11. The Morgan fingerprint density at radius 1 is 1.36 bits per heavy atom. The summed E-state index contributed by atoms with van der Waals surface area (Å²) in [5.41, 5.74) is 0.740. The van der Waals surface area contributed by atoms with Crippen molar-refractivity contribution in [2.45, 2.75) is 38.5 Å². The Kier molecular flexibility index (Phi) is 2.71. The highest BCUT2D eigenvalue weighted by atomic mass is 16.3. The van der Waals surface area contributed by atoms with Crippen LogP contribution >= 0.6 is 0 Å². The molecule has 0 N–H and O–H groups in total. The van der Waals surface area contributed by atoms with Crippen LogP contribution in [0.15, 0.2) is 16.7 Å². The molecule has 0 amide bonds. The second-order valence-electron chi connectivity index (χ2n) is 4.31. The minimum atomic E-state index is 0.474. The fraction of sp³-hybridized carbons (Fsp3) is 0.583. The Bertz CT molecular complexity index is 306. The molecule has 0 bridgehead atoms. The van der Waals surface area contributed by atoms with Gasteiger partial charge in [0.1, 0.15) is 5.76 Å². The van der Waals surface area contributed by atoms with E-state index in [1.54, 1.807) is 12.3 Å². The first-order chi connectivity index (χ1) is 6.81. The van der Waals surface area contributed by atoms with Crippen molar-refractivity contribution in [2.24, 2.45) is 5.92 Å². The van der Waals surface area contributed by atoms with Crippen LogP contribution in [0.2, 0.25) is 0 Å². The van der Waals surface area contributed by atoms with E-state index < -0.39 is 0 Å². The molecule has 76 valence electrons. The summed E-state index contributed by atoms with van der Waals surface area (Å²) in [6, 6.07) is 1.76. The lowest BCUT2D eigenvalue weighted by molar-refractivity contribution is 0.112. The molecule has 0 saturated heterocycles. The first-order valence-corrected chi connectivity index (χ1v) is 5.34. The van der Waals surface area contributed by atoms with Gasteiger partial charge in [-0.05, 0) is 24.8 Å². The number of furan rings is 1. The lowest BCUT2D eigenvalue weighted by Gasteiger charge is -2.24. The Labute approximate surface area is 84.3 Å². The molecule has 1 aromatic heterocycles. The quantitative estimate of drug-likeness (QED) is 0.672. The Balaban J connectivity index is 2.11. The zero-order valence-corrected chi connectivity index (χ0v) is 8.53. The normalized spacial score (nSPS) is 27.5. The summed E-state index contributed by atoms with van der Waals surface area (Å²) in [6.45, 7) is 2.29. The molecule has 1 fully saturated rings. The molecule has 0 unspecified atom stereocenters. The van der Waals surface area contributed by atoms with Gasteiger partial charge in [0.05, 0.1) is 11.8 Å². The summed E-state index contributed by atoms with van der Waals surface area (Å²) in [5, 5.41) is 0. The zero-order valence-electron chi connectivity index (χ0n) is 8.53. The molecule has 1 aliphatic rings. The molecule has 1 aromatic rings. The molecule has 1 saturated carbocycles. The summed E-state index contributed by atoms with van der Waals surface area (Å²) in [7, 11) is 0. The molecule has 2 nitrogen and oxygen atoms in total. The molecular formula is C12H16O2. The Hall–Kier alpha value is -1.05. The standard InChI is InChI=1S/C12H16O2/c1-9-2-4-10(5-3-9)12-11(8-13)6-7-14-12/h6-10H,2-5H2,1H3. The van der Waals surface area contributed by atoms with E-state index in [0.29, 0.717) is 5.92 Å². The molecule has 1 heterocycles. The van der Waals surface area contributed by atoms with Crippen LogP contribution in [-0.4, -0.2) is 6.29 Å². The summed E-state index contributed by atoms with van der Waals surface area (Å²) in [6.07, 6.45) is 7.35. The van der Waals surface area contributed by atoms with Crippen LogP contribution in [0.3, 0.4) is 0 Å². The minimum Gasteiger partial charge on any atom is -0.468 e. The van der Waals surface area contributed by atoms with Crippen LogP contribution in [0.1, 0.15) is 54.6 Å². The lowest BCUT2D eigenvalue weighted by atomic mass is 9.81. The van der Waals surface area contributed by atoms with Gasteiger partial charge in [-0.25, -0.2) is 0 Å². The fourth-order valence-electron chi connectivity index (χ4n) is 2.28. The summed E-state index contributed by atoms with van der Waals surface area (Å²) >= 11 is 0. The van der Waals surface area contributed by atoms with Crippen LogP contribution in [0.5, 0.6) is 0 Å². The smallest absolute Gasteiger partial charge is 0.153 e. The maximum absolute atomic E-state index is 10.7. The SMILES string of the molecule is CC1CCC(c2occc2C=O)CC1.